The standard InChI is InChI=1S/C9H11BrN4O/c1-14-5-7(10)8(13-14)6-15-9(12)3-2-4-11/h2-5,11-12H,6H2,1H3/p+1/b3-2-,11-4?,12-9?. The molecule has 0 aliphatic carbocycles. The molecular formula is C9H12BrN4O+. The monoisotopic (exact) mass is 271 g/mol. The van der Waals surface area contributed by atoms with Crippen LogP contribution in [0.2, 0.25) is 0 Å². The Bertz CT molecular complexity index is 397. The van der Waals surface area contributed by atoms with Crippen molar-refractivity contribution < 1.29 is 10.1 Å². The highest BCUT2D eigenvalue weighted by Gasteiger charge is 2.07. The number of aryl methyl sites for hydroxylation is 1. The minimum Gasteiger partial charge on any atom is -0.438 e. The predicted octanol–water partition coefficient (Wildman–Crippen LogP) is 0.0626. The van der Waals surface area contributed by atoms with Gasteiger partial charge in [-0.3, -0.25) is 4.68 Å². The first-order chi connectivity index (χ1) is 7.13. The summed E-state index contributed by atoms with van der Waals surface area (Å²) in [5.74, 6) is 0.260. The van der Waals surface area contributed by atoms with Gasteiger partial charge in [0.2, 0.25) is 0 Å². The zero-order chi connectivity index (χ0) is 11.3. The Kier molecular flexibility index (Phi) is 4.23. The Hall–Kier alpha value is -1.43. The van der Waals surface area contributed by atoms with E-state index in [0.29, 0.717) is 6.61 Å². The van der Waals surface area contributed by atoms with Crippen molar-refractivity contribution in [3.8, 4) is 0 Å². The summed E-state index contributed by atoms with van der Waals surface area (Å²) in [5, 5.41) is 16.5. The minimum atomic E-state index is 0.260. The van der Waals surface area contributed by atoms with Crippen molar-refractivity contribution in [1.29, 1.82) is 5.41 Å². The number of halogens is 1. The number of allylic oxidation sites excluding steroid dienone is 1. The first-order valence-electron chi connectivity index (χ1n) is 4.24. The lowest BCUT2D eigenvalue weighted by Crippen LogP contribution is -2.40. The Morgan fingerprint density at radius 3 is 3.07 bits per heavy atom. The van der Waals surface area contributed by atoms with E-state index in [1.165, 1.54) is 12.2 Å². The molecule has 0 unspecified atom stereocenters. The molecule has 1 aromatic rings. The first kappa shape index (κ1) is 11.6. The van der Waals surface area contributed by atoms with Crippen molar-refractivity contribution in [1.82, 2.24) is 9.78 Å². The van der Waals surface area contributed by atoms with E-state index >= 15 is 0 Å². The molecule has 0 saturated heterocycles. The fourth-order valence-corrected chi connectivity index (χ4v) is 1.44. The molecule has 0 saturated carbocycles. The van der Waals surface area contributed by atoms with Crippen molar-refractivity contribution in [3.63, 3.8) is 0 Å². The number of hydrogen-bond acceptors (Lipinski definition) is 3. The lowest BCUT2D eigenvalue weighted by atomic mass is 10.4. The van der Waals surface area contributed by atoms with Gasteiger partial charge in [-0.25, -0.2) is 5.41 Å². The van der Waals surface area contributed by atoms with E-state index in [2.05, 4.69) is 21.0 Å². The van der Waals surface area contributed by atoms with Gasteiger partial charge in [-0.05, 0) is 22.0 Å². The molecular weight excluding hydrogens is 260 g/mol. The van der Waals surface area contributed by atoms with E-state index in [1.807, 2.05) is 13.2 Å². The molecule has 1 rings (SSSR count). The Morgan fingerprint density at radius 1 is 1.80 bits per heavy atom. The van der Waals surface area contributed by atoms with Crippen molar-refractivity contribution in [2.75, 3.05) is 0 Å². The normalized spacial score (nSPS) is 10.5. The van der Waals surface area contributed by atoms with Gasteiger partial charge in [0.15, 0.2) is 0 Å². The number of nitrogens with one attached hydrogen (secondary N) is 1. The maximum atomic E-state index is 6.77. The quantitative estimate of drug-likeness (QED) is 0.600. The lowest BCUT2D eigenvalue weighted by molar-refractivity contribution is -0.139. The highest BCUT2D eigenvalue weighted by Crippen LogP contribution is 2.14. The smallest absolute Gasteiger partial charge is 0.359 e. The van der Waals surface area contributed by atoms with Crippen LogP contribution in [0.4, 0.5) is 0 Å². The van der Waals surface area contributed by atoms with Crippen LogP contribution in [-0.2, 0) is 18.4 Å². The lowest BCUT2D eigenvalue weighted by Gasteiger charge is -1.97. The van der Waals surface area contributed by atoms with Crippen molar-refractivity contribution in [3.05, 3.63) is 28.5 Å². The fourth-order valence-electron chi connectivity index (χ4n) is 0.946. The average Bonchev–Trinajstić information content (AvgIpc) is 2.51. The molecule has 0 atom stereocenters. The molecule has 0 aliphatic rings. The molecule has 0 fully saturated rings. The van der Waals surface area contributed by atoms with Gasteiger partial charge in [-0.15, -0.1) is 0 Å². The summed E-state index contributed by atoms with van der Waals surface area (Å²) in [6.45, 7) is 0.301. The maximum Gasteiger partial charge on any atom is 0.359 e. The molecule has 0 aliphatic heterocycles. The number of rotatable bonds is 4. The summed E-state index contributed by atoms with van der Waals surface area (Å²) in [5.41, 5.74) is 0.781. The van der Waals surface area contributed by atoms with Gasteiger partial charge in [0.1, 0.15) is 12.3 Å². The SMILES string of the molecule is Cn1cc(Br)c(COC(=[NH2+])/C=C\C=N)n1. The van der Waals surface area contributed by atoms with E-state index in [1.54, 1.807) is 4.68 Å². The van der Waals surface area contributed by atoms with Crippen LogP contribution in [0.25, 0.3) is 0 Å². The van der Waals surface area contributed by atoms with E-state index < -0.39 is 0 Å². The zero-order valence-electron chi connectivity index (χ0n) is 8.27. The zero-order valence-corrected chi connectivity index (χ0v) is 9.86. The molecule has 80 valence electrons. The first-order valence-corrected chi connectivity index (χ1v) is 5.03. The summed E-state index contributed by atoms with van der Waals surface area (Å²) in [6, 6.07) is 0. The van der Waals surface area contributed by atoms with Crippen molar-refractivity contribution in [2.45, 2.75) is 6.61 Å². The van der Waals surface area contributed by atoms with Gasteiger partial charge in [0.05, 0.1) is 10.5 Å². The summed E-state index contributed by atoms with van der Waals surface area (Å²) < 4.78 is 7.79. The molecule has 5 nitrogen and oxygen atoms in total. The van der Waals surface area contributed by atoms with Gasteiger partial charge in [-0.2, -0.15) is 5.10 Å². The number of nitrogens with zero attached hydrogens (tertiary/aromatic N) is 2. The van der Waals surface area contributed by atoms with Crippen LogP contribution in [0.3, 0.4) is 0 Å². The molecule has 15 heavy (non-hydrogen) atoms. The summed E-state index contributed by atoms with van der Waals surface area (Å²) in [7, 11) is 1.83. The molecule has 0 amide bonds. The van der Waals surface area contributed by atoms with E-state index in [0.717, 1.165) is 16.4 Å². The van der Waals surface area contributed by atoms with Gasteiger partial charge >= 0.3 is 5.90 Å². The number of nitrogens with two attached hydrogens (primary N) is 1. The van der Waals surface area contributed by atoms with Crippen molar-refractivity contribution in [2.24, 2.45) is 7.05 Å². The number of hydrogen-bond donors (Lipinski definition) is 2. The van der Waals surface area contributed by atoms with Gasteiger partial charge in [0.25, 0.3) is 0 Å². The highest BCUT2D eigenvalue weighted by molar-refractivity contribution is 9.10. The van der Waals surface area contributed by atoms with Gasteiger partial charge < -0.3 is 10.1 Å². The van der Waals surface area contributed by atoms with Crippen LogP contribution in [0.1, 0.15) is 5.69 Å². The van der Waals surface area contributed by atoms with Crippen LogP contribution in [0.5, 0.6) is 0 Å². The van der Waals surface area contributed by atoms with E-state index in [9.17, 15) is 0 Å². The van der Waals surface area contributed by atoms with Crippen LogP contribution >= 0.6 is 15.9 Å². The third-order valence-electron chi connectivity index (χ3n) is 1.59. The van der Waals surface area contributed by atoms with Gasteiger partial charge in [-0.1, -0.05) is 0 Å². The molecule has 0 bridgehead atoms. The second-order valence-electron chi connectivity index (χ2n) is 2.81. The molecule has 1 aromatic heterocycles. The predicted molar refractivity (Wildman–Crippen MR) is 60.6 cm³/mol. The number of aromatic nitrogens is 2. The van der Waals surface area contributed by atoms with Crippen LogP contribution in [0, 0.1) is 5.41 Å². The van der Waals surface area contributed by atoms with E-state index in [4.69, 9.17) is 15.6 Å². The summed E-state index contributed by atoms with van der Waals surface area (Å²) in [4.78, 5) is 0. The van der Waals surface area contributed by atoms with E-state index in [-0.39, 0.29) is 5.90 Å². The second kappa shape index (κ2) is 5.45. The molecule has 1 heterocycles. The topological polar surface area (TPSA) is 76.5 Å². The van der Waals surface area contributed by atoms with Crippen LogP contribution in [-0.4, -0.2) is 21.9 Å². The van der Waals surface area contributed by atoms with Crippen LogP contribution < -0.4 is 5.41 Å². The Morgan fingerprint density at radius 2 is 2.53 bits per heavy atom. The summed E-state index contributed by atoms with van der Waals surface area (Å²) in [6.07, 6.45) is 5.97. The molecule has 0 radical (unpaired) electrons. The Labute approximate surface area is 95.9 Å². The third-order valence-corrected chi connectivity index (χ3v) is 2.25. The maximum absolute atomic E-state index is 6.77. The molecule has 3 N–H and O–H groups in total. The third kappa shape index (κ3) is 3.67. The minimum absolute atomic E-state index is 0.260. The highest BCUT2D eigenvalue weighted by atomic mass is 79.9. The summed E-state index contributed by atoms with van der Waals surface area (Å²) >= 11 is 3.35. The second-order valence-corrected chi connectivity index (χ2v) is 3.67. The molecule has 0 spiro atoms. The largest absolute Gasteiger partial charge is 0.438 e. The Balaban J connectivity index is 2.50. The average molecular weight is 272 g/mol. The van der Waals surface area contributed by atoms with Crippen LogP contribution in [0.15, 0.2) is 22.8 Å². The van der Waals surface area contributed by atoms with Gasteiger partial charge in [0, 0.05) is 19.5 Å². The molecule has 0 aromatic carbocycles. The number of ether oxygens (including phenoxy) is 1. The fraction of sp³-hybridized carbons (Fsp3) is 0.222. The van der Waals surface area contributed by atoms with Crippen molar-refractivity contribution >= 4 is 28.0 Å². The molecule has 6 heteroatoms.